The second kappa shape index (κ2) is 5.40. The number of anilines is 1. The molecule has 0 fully saturated rings. The van der Waals surface area contributed by atoms with E-state index in [0.717, 1.165) is 15.7 Å². The Labute approximate surface area is 132 Å². The van der Waals surface area contributed by atoms with Crippen molar-refractivity contribution in [1.29, 1.82) is 0 Å². The monoisotopic (exact) mass is 399 g/mol. The van der Waals surface area contributed by atoms with Crippen LogP contribution in [0.1, 0.15) is 0 Å². The molecule has 0 unspecified atom stereocenters. The standard InChI is InChI=1S/C14H8F2IN3O/c15-10-3-1-7(5-11(10)16)13-19-14(21-20-13)9-6-8(17)2-4-12(9)18/h1-6H,18H2. The second-order valence-electron chi connectivity index (χ2n) is 4.28. The van der Waals surface area contributed by atoms with Gasteiger partial charge in [0.15, 0.2) is 11.6 Å². The first-order valence-corrected chi connectivity index (χ1v) is 6.97. The Morgan fingerprint density at radius 2 is 1.86 bits per heavy atom. The summed E-state index contributed by atoms with van der Waals surface area (Å²) in [4.78, 5) is 4.17. The number of benzene rings is 2. The van der Waals surface area contributed by atoms with Crippen LogP contribution in [-0.2, 0) is 0 Å². The highest BCUT2D eigenvalue weighted by Gasteiger charge is 2.14. The smallest absolute Gasteiger partial charge is 0.260 e. The van der Waals surface area contributed by atoms with Crippen LogP contribution in [-0.4, -0.2) is 10.1 Å². The van der Waals surface area contributed by atoms with Crippen LogP contribution >= 0.6 is 22.6 Å². The van der Waals surface area contributed by atoms with Crippen molar-refractivity contribution in [2.24, 2.45) is 0 Å². The van der Waals surface area contributed by atoms with Crippen molar-refractivity contribution in [3.05, 3.63) is 51.6 Å². The highest BCUT2D eigenvalue weighted by molar-refractivity contribution is 14.1. The summed E-state index contributed by atoms with van der Waals surface area (Å²) in [5.74, 6) is -1.50. The summed E-state index contributed by atoms with van der Waals surface area (Å²) >= 11 is 2.14. The second-order valence-corrected chi connectivity index (χ2v) is 5.53. The molecule has 0 saturated heterocycles. The van der Waals surface area contributed by atoms with Crippen molar-refractivity contribution in [3.63, 3.8) is 0 Å². The van der Waals surface area contributed by atoms with Gasteiger partial charge in [-0.1, -0.05) is 5.16 Å². The van der Waals surface area contributed by atoms with E-state index in [1.807, 2.05) is 6.07 Å². The molecule has 0 radical (unpaired) electrons. The third kappa shape index (κ3) is 2.73. The number of hydrogen-bond acceptors (Lipinski definition) is 4. The summed E-state index contributed by atoms with van der Waals surface area (Å²) in [6.07, 6.45) is 0. The van der Waals surface area contributed by atoms with Crippen molar-refractivity contribution in [1.82, 2.24) is 10.1 Å². The van der Waals surface area contributed by atoms with Gasteiger partial charge in [0.1, 0.15) is 0 Å². The summed E-state index contributed by atoms with van der Waals surface area (Å²) in [7, 11) is 0. The Kier molecular flexibility index (Phi) is 3.58. The Hall–Kier alpha value is -2.03. The van der Waals surface area contributed by atoms with Gasteiger partial charge in [-0.2, -0.15) is 4.98 Å². The van der Waals surface area contributed by atoms with Crippen LogP contribution < -0.4 is 5.73 Å². The van der Waals surface area contributed by atoms with E-state index in [4.69, 9.17) is 10.3 Å². The van der Waals surface area contributed by atoms with Crippen LogP contribution in [0.4, 0.5) is 14.5 Å². The van der Waals surface area contributed by atoms with E-state index < -0.39 is 11.6 Å². The molecule has 3 rings (SSSR count). The molecule has 0 amide bonds. The maximum absolute atomic E-state index is 13.2. The maximum atomic E-state index is 13.2. The predicted molar refractivity (Wildman–Crippen MR) is 82.2 cm³/mol. The zero-order valence-electron chi connectivity index (χ0n) is 10.5. The number of aromatic nitrogens is 2. The lowest BCUT2D eigenvalue weighted by Crippen LogP contribution is -1.91. The molecule has 2 aromatic carbocycles. The van der Waals surface area contributed by atoms with Gasteiger partial charge in [0.05, 0.1) is 5.56 Å². The molecule has 2 N–H and O–H groups in total. The lowest BCUT2D eigenvalue weighted by molar-refractivity contribution is 0.432. The molecule has 21 heavy (non-hydrogen) atoms. The van der Waals surface area contributed by atoms with Crippen molar-refractivity contribution >= 4 is 28.3 Å². The molecular formula is C14H8F2IN3O. The van der Waals surface area contributed by atoms with Gasteiger partial charge in [-0.3, -0.25) is 0 Å². The molecule has 0 bridgehead atoms. The Bertz CT molecular complexity index is 820. The summed E-state index contributed by atoms with van der Waals surface area (Å²) in [5.41, 5.74) is 7.30. The lowest BCUT2D eigenvalue weighted by Gasteiger charge is -2.00. The molecule has 4 nitrogen and oxygen atoms in total. The van der Waals surface area contributed by atoms with Crippen LogP contribution in [0, 0.1) is 15.2 Å². The fourth-order valence-electron chi connectivity index (χ4n) is 1.80. The summed E-state index contributed by atoms with van der Waals surface area (Å²) in [6, 6.07) is 8.80. The quantitative estimate of drug-likeness (QED) is 0.525. The molecule has 0 aliphatic rings. The first kappa shape index (κ1) is 13.9. The van der Waals surface area contributed by atoms with Crippen molar-refractivity contribution in [3.8, 4) is 22.8 Å². The van der Waals surface area contributed by atoms with E-state index >= 15 is 0 Å². The normalized spacial score (nSPS) is 10.8. The Balaban J connectivity index is 2.03. The van der Waals surface area contributed by atoms with E-state index in [9.17, 15) is 8.78 Å². The highest BCUT2D eigenvalue weighted by atomic mass is 127. The van der Waals surface area contributed by atoms with Crippen molar-refractivity contribution < 1.29 is 13.3 Å². The molecule has 3 aromatic rings. The van der Waals surface area contributed by atoms with Gasteiger partial charge in [0, 0.05) is 14.8 Å². The predicted octanol–water partition coefficient (Wildman–Crippen LogP) is 3.87. The molecule has 0 aliphatic carbocycles. The van der Waals surface area contributed by atoms with E-state index in [2.05, 4.69) is 32.7 Å². The van der Waals surface area contributed by atoms with Gasteiger partial charge in [-0.05, 0) is 59.0 Å². The average Bonchev–Trinajstić information content (AvgIpc) is 2.94. The number of nitrogen functional groups attached to an aromatic ring is 1. The first-order chi connectivity index (χ1) is 10.0. The molecule has 7 heteroatoms. The van der Waals surface area contributed by atoms with E-state index in [0.29, 0.717) is 16.8 Å². The summed E-state index contributed by atoms with van der Waals surface area (Å²) in [5, 5.41) is 3.77. The number of nitrogens with two attached hydrogens (primary N) is 1. The molecule has 1 aromatic heterocycles. The van der Waals surface area contributed by atoms with Crippen molar-refractivity contribution in [2.75, 3.05) is 5.73 Å². The minimum absolute atomic E-state index is 0.169. The van der Waals surface area contributed by atoms with Gasteiger partial charge < -0.3 is 10.3 Å². The van der Waals surface area contributed by atoms with Crippen LogP contribution in [0.2, 0.25) is 0 Å². The van der Waals surface area contributed by atoms with Crippen LogP contribution in [0.25, 0.3) is 22.8 Å². The zero-order valence-corrected chi connectivity index (χ0v) is 12.6. The average molecular weight is 399 g/mol. The van der Waals surface area contributed by atoms with E-state index in [-0.39, 0.29) is 11.7 Å². The third-order valence-corrected chi connectivity index (χ3v) is 3.52. The topological polar surface area (TPSA) is 64.9 Å². The molecule has 1 heterocycles. The van der Waals surface area contributed by atoms with Crippen molar-refractivity contribution in [2.45, 2.75) is 0 Å². The third-order valence-electron chi connectivity index (χ3n) is 2.85. The van der Waals surface area contributed by atoms with Gasteiger partial charge in [-0.15, -0.1) is 0 Å². The fraction of sp³-hybridized carbons (Fsp3) is 0. The largest absolute Gasteiger partial charge is 0.398 e. The molecular weight excluding hydrogens is 391 g/mol. The first-order valence-electron chi connectivity index (χ1n) is 5.89. The molecule has 0 saturated carbocycles. The zero-order chi connectivity index (χ0) is 15.0. The van der Waals surface area contributed by atoms with Crippen LogP contribution in [0.3, 0.4) is 0 Å². The van der Waals surface area contributed by atoms with Gasteiger partial charge >= 0.3 is 0 Å². The van der Waals surface area contributed by atoms with Crippen LogP contribution in [0.5, 0.6) is 0 Å². The summed E-state index contributed by atoms with van der Waals surface area (Å²) < 4.78 is 32.3. The molecule has 0 spiro atoms. The molecule has 0 aliphatic heterocycles. The highest BCUT2D eigenvalue weighted by Crippen LogP contribution is 2.28. The number of halogens is 3. The summed E-state index contributed by atoms with van der Waals surface area (Å²) in [6.45, 7) is 0. The maximum Gasteiger partial charge on any atom is 0.260 e. The van der Waals surface area contributed by atoms with Crippen LogP contribution in [0.15, 0.2) is 40.9 Å². The van der Waals surface area contributed by atoms with Gasteiger partial charge in [0.25, 0.3) is 5.89 Å². The molecule has 106 valence electrons. The van der Waals surface area contributed by atoms with E-state index in [1.165, 1.54) is 6.07 Å². The SMILES string of the molecule is Nc1ccc(I)cc1-c1nc(-c2ccc(F)c(F)c2)no1. The lowest BCUT2D eigenvalue weighted by atomic mass is 10.2. The van der Waals surface area contributed by atoms with E-state index in [1.54, 1.807) is 12.1 Å². The number of rotatable bonds is 2. The molecule has 0 atom stereocenters. The Morgan fingerprint density at radius 1 is 1.05 bits per heavy atom. The van der Waals surface area contributed by atoms with Gasteiger partial charge in [-0.25, -0.2) is 8.78 Å². The fourth-order valence-corrected chi connectivity index (χ4v) is 2.29. The minimum atomic E-state index is -0.965. The Morgan fingerprint density at radius 3 is 2.62 bits per heavy atom. The number of hydrogen-bond donors (Lipinski definition) is 1. The minimum Gasteiger partial charge on any atom is -0.398 e. The number of nitrogens with zero attached hydrogens (tertiary/aromatic N) is 2. The van der Waals surface area contributed by atoms with Gasteiger partial charge in [0.2, 0.25) is 5.82 Å².